The molecular weight excluding hydrogens is 444 g/mol. The summed E-state index contributed by atoms with van der Waals surface area (Å²) in [6, 6.07) is 10.3. The van der Waals surface area contributed by atoms with Crippen molar-refractivity contribution in [3.8, 4) is 0 Å². The molecule has 0 aliphatic carbocycles. The van der Waals surface area contributed by atoms with Gasteiger partial charge in [-0.1, -0.05) is 30.3 Å². The summed E-state index contributed by atoms with van der Waals surface area (Å²) in [7, 11) is 0. The minimum absolute atomic E-state index is 0. The van der Waals surface area contributed by atoms with E-state index in [1.807, 2.05) is 18.2 Å². The van der Waals surface area contributed by atoms with Gasteiger partial charge in [0.05, 0.1) is 0 Å². The van der Waals surface area contributed by atoms with E-state index in [0.717, 1.165) is 13.0 Å². The Balaban J connectivity index is 0. The molecular formula is C8H14INPb. The summed E-state index contributed by atoms with van der Waals surface area (Å²) in [6.45, 7) is 0.740. The molecule has 0 saturated heterocycles. The predicted molar refractivity (Wildman–Crippen MR) is 63.2 cm³/mol. The summed E-state index contributed by atoms with van der Waals surface area (Å²) >= 11 is 0. The normalized spacial score (nSPS) is 7.73. The van der Waals surface area contributed by atoms with Crippen LogP contribution in [0, 0.1) is 0 Å². The van der Waals surface area contributed by atoms with Crippen molar-refractivity contribution in [2.75, 3.05) is 6.54 Å². The zero-order valence-corrected chi connectivity index (χ0v) is 14.3. The molecule has 1 aromatic carbocycles. The molecule has 0 fully saturated rings. The second kappa shape index (κ2) is 8.92. The van der Waals surface area contributed by atoms with E-state index in [2.05, 4.69) is 12.1 Å². The van der Waals surface area contributed by atoms with E-state index < -0.39 is 0 Å². The van der Waals surface area contributed by atoms with E-state index in [0.29, 0.717) is 0 Å². The maximum absolute atomic E-state index is 5.36. The third-order valence-electron chi connectivity index (χ3n) is 1.28. The number of nitrogens with two attached hydrogens (primary N) is 1. The summed E-state index contributed by atoms with van der Waals surface area (Å²) in [5.41, 5.74) is 6.68. The van der Waals surface area contributed by atoms with Crippen molar-refractivity contribution < 1.29 is 0 Å². The molecule has 3 heteroatoms. The number of benzene rings is 1. The Morgan fingerprint density at radius 2 is 1.64 bits per heavy atom. The number of hydrogen-bond acceptors (Lipinski definition) is 1. The van der Waals surface area contributed by atoms with Gasteiger partial charge in [-0.3, -0.25) is 0 Å². The van der Waals surface area contributed by atoms with Crippen LogP contribution in [0.3, 0.4) is 0 Å². The van der Waals surface area contributed by atoms with Crippen LogP contribution in [0.4, 0.5) is 0 Å². The molecule has 1 aromatic rings. The third kappa shape index (κ3) is 6.04. The fourth-order valence-corrected chi connectivity index (χ4v) is 0.811. The molecule has 0 bridgehead atoms. The average molecular weight is 458 g/mol. The summed E-state index contributed by atoms with van der Waals surface area (Å²) in [6.07, 6.45) is 0.987. The Morgan fingerprint density at radius 3 is 2.09 bits per heavy atom. The number of rotatable bonds is 2. The van der Waals surface area contributed by atoms with Crippen LogP contribution in [0.5, 0.6) is 0 Å². The summed E-state index contributed by atoms with van der Waals surface area (Å²) in [5.74, 6) is 0. The Bertz CT molecular complexity index is 167. The van der Waals surface area contributed by atoms with Crippen LogP contribution in [-0.2, 0) is 6.42 Å². The van der Waals surface area contributed by atoms with Crippen LogP contribution in [0.15, 0.2) is 30.3 Å². The van der Waals surface area contributed by atoms with E-state index >= 15 is 0 Å². The molecule has 0 amide bonds. The van der Waals surface area contributed by atoms with E-state index in [-0.39, 0.29) is 51.3 Å². The van der Waals surface area contributed by atoms with Gasteiger partial charge in [0.2, 0.25) is 0 Å². The van der Waals surface area contributed by atoms with Gasteiger partial charge in [0.25, 0.3) is 0 Å². The zero-order valence-electron chi connectivity index (χ0n) is 6.49. The second-order valence-electron chi connectivity index (χ2n) is 2.02. The van der Waals surface area contributed by atoms with Crippen LogP contribution in [-0.4, -0.2) is 33.8 Å². The summed E-state index contributed by atoms with van der Waals surface area (Å²) in [4.78, 5) is 0. The van der Waals surface area contributed by atoms with E-state index in [9.17, 15) is 0 Å². The van der Waals surface area contributed by atoms with Crippen LogP contribution in [0.25, 0.3) is 0 Å². The van der Waals surface area contributed by atoms with Crippen molar-refractivity contribution in [2.24, 2.45) is 5.73 Å². The molecule has 0 aliphatic rings. The van der Waals surface area contributed by atoms with Gasteiger partial charge in [-0.2, -0.15) is 0 Å². The average Bonchev–Trinajstić information content (AvgIpc) is 1.91. The monoisotopic (exact) mass is 459 g/mol. The summed E-state index contributed by atoms with van der Waals surface area (Å²) < 4.78 is 0. The molecule has 2 N–H and O–H groups in total. The molecule has 2 radical (unpaired) electrons. The van der Waals surface area contributed by atoms with Gasteiger partial charge in [0.1, 0.15) is 0 Å². The summed E-state index contributed by atoms with van der Waals surface area (Å²) in [5, 5.41) is 0. The van der Waals surface area contributed by atoms with Gasteiger partial charge in [0.15, 0.2) is 0 Å². The molecule has 0 aromatic heterocycles. The van der Waals surface area contributed by atoms with Crippen molar-refractivity contribution >= 4 is 51.3 Å². The quantitative estimate of drug-likeness (QED) is 0.518. The fraction of sp³-hybridized carbons (Fsp3) is 0.250. The standard InChI is InChI=1S/C8H11N.HI.Pb.2H/c9-7-6-8-4-2-1-3-5-8;;;;/h1-5H,6-7,9H2;1H;;;. The molecule has 1 nitrogen and oxygen atoms in total. The van der Waals surface area contributed by atoms with Crippen LogP contribution < -0.4 is 5.73 Å². The zero-order chi connectivity index (χ0) is 6.53. The fourth-order valence-electron chi connectivity index (χ4n) is 0.811. The molecule has 0 aliphatic heterocycles. The molecule has 0 atom stereocenters. The molecule has 0 heterocycles. The third-order valence-corrected chi connectivity index (χ3v) is 1.28. The van der Waals surface area contributed by atoms with Gasteiger partial charge in [-0.25, -0.2) is 0 Å². The van der Waals surface area contributed by atoms with Crippen molar-refractivity contribution in [1.82, 2.24) is 0 Å². The van der Waals surface area contributed by atoms with Crippen molar-refractivity contribution in [3.63, 3.8) is 0 Å². The molecule has 11 heavy (non-hydrogen) atoms. The maximum atomic E-state index is 5.36. The van der Waals surface area contributed by atoms with E-state index in [1.54, 1.807) is 0 Å². The first kappa shape index (κ1) is 14.4. The van der Waals surface area contributed by atoms with Gasteiger partial charge in [-0.05, 0) is 18.5 Å². The first-order chi connectivity index (χ1) is 4.43. The minimum atomic E-state index is 0. The Labute approximate surface area is 105 Å². The first-order valence-corrected chi connectivity index (χ1v) is 3.17. The molecule has 0 saturated carbocycles. The van der Waals surface area contributed by atoms with Crippen LogP contribution in [0.2, 0.25) is 0 Å². The van der Waals surface area contributed by atoms with Gasteiger partial charge >= 0.3 is 27.3 Å². The predicted octanol–water partition coefficient (Wildman–Crippen LogP) is 0.890. The van der Waals surface area contributed by atoms with Crippen LogP contribution in [0.1, 0.15) is 5.56 Å². The van der Waals surface area contributed by atoms with Crippen molar-refractivity contribution in [1.29, 1.82) is 0 Å². The van der Waals surface area contributed by atoms with E-state index in [4.69, 9.17) is 5.73 Å². The van der Waals surface area contributed by atoms with Crippen LogP contribution >= 0.6 is 24.0 Å². The Hall–Kier alpha value is 0.832. The Kier molecular flexibility index (Phi) is 11.7. The van der Waals surface area contributed by atoms with Crippen molar-refractivity contribution in [3.05, 3.63) is 35.9 Å². The molecule has 0 unspecified atom stereocenters. The van der Waals surface area contributed by atoms with Gasteiger partial charge in [0, 0.05) is 0 Å². The first-order valence-electron chi connectivity index (χ1n) is 3.17. The number of halogens is 1. The van der Waals surface area contributed by atoms with Gasteiger partial charge < -0.3 is 5.73 Å². The Morgan fingerprint density at radius 1 is 1.09 bits per heavy atom. The number of hydrogen-bond donors (Lipinski definition) is 1. The molecule has 1 rings (SSSR count). The second-order valence-corrected chi connectivity index (χ2v) is 2.02. The molecule has 62 valence electrons. The van der Waals surface area contributed by atoms with Crippen molar-refractivity contribution in [2.45, 2.75) is 6.42 Å². The van der Waals surface area contributed by atoms with Gasteiger partial charge in [-0.15, -0.1) is 24.0 Å². The molecule has 0 spiro atoms. The topological polar surface area (TPSA) is 26.0 Å². The van der Waals surface area contributed by atoms with E-state index in [1.165, 1.54) is 5.56 Å². The SMILES string of the molecule is I.NCCc1ccccc1.[PbH2].